The summed E-state index contributed by atoms with van der Waals surface area (Å²) in [6.07, 6.45) is 4.13. The lowest BCUT2D eigenvalue weighted by Gasteiger charge is -2.29. The minimum Gasteiger partial charge on any atom is -0.459 e. The van der Waals surface area contributed by atoms with Crippen molar-refractivity contribution in [3.8, 4) is 0 Å². The van der Waals surface area contributed by atoms with Crippen LogP contribution in [0.1, 0.15) is 36.3 Å². The Hall–Kier alpha value is -2.34. The second-order valence-corrected chi connectivity index (χ2v) is 7.70. The zero-order valence-corrected chi connectivity index (χ0v) is 17.7. The van der Waals surface area contributed by atoms with E-state index in [0.717, 1.165) is 18.4 Å². The molecule has 0 saturated carbocycles. The lowest BCUT2D eigenvalue weighted by atomic mass is 9.93. The van der Waals surface area contributed by atoms with Crippen LogP contribution in [0.4, 0.5) is 0 Å². The van der Waals surface area contributed by atoms with Gasteiger partial charge in [-0.25, -0.2) is 0 Å². The third kappa shape index (κ3) is 6.87. The zero-order valence-electron chi connectivity index (χ0n) is 16.9. The molecule has 0 aromatic heterocycles. The van der Waals surface area contributed by atoms with E-state index in [0.29, 0.717) is 31.0 Å². The number of carbonyl (C=O) groups excluding carboxylic acids is 1. The van der Waals surface area contributed by atoms with Crippen molar-refractivity contribution >= 4 is 17.5 Å². The van der Waals surface area contributed by atoms with E-state index in [4.69, 9.17) is 26.2 Å². The zero-order chi connectivity index (χ0) is 21.2. The molecule has 30 heavy (non-hydrogen) atoms. The van der Waals surface area contributed by atoms with Crippen molar-refractivity contribution in [3.63, 3.8) is 0 Å². The number of nitrogens with one attached hydrogen (secondary N) is 1. The van der Waals surface area contributed by atoms with E-state index in [2.05, 4.69) is 5.32 Å². The van der Waals surface area contributed by atoms with E-state index >= 15 is 0 Å². The Balaban J connectivity index is 1.64. The third-order valence-electron chi connectivity index (χ3n) is 4.98. The SMILES string of the molecule is O=C(NCCc1ccccc1)C1=C[C@H](c2ccc(Cl)cc2)C[C@H](OCCCCO)O1. The van der Waals surface area contributed by atoms with E-state index < -0.39 is 6.29 Å². The number of hydrogen-bond donors (Lipinski definition) is 2. The Kier molecular flexibility index (Phi) is 8.75. The van der Waals surface area contributed by atoms with Gasteiger partial charge in [-0.2, -0.15) is 0 Å². The van der Waals surface area contributed by atoms with E-state index in [1.165, 1.54) is 5.56 Å². The van der Waals surface area contributed by atoms with Gasteiger partial charge in [0.1, 0.15) is 0 Å². The fraction of sp³-hybridized carbons (Fsp3) is 0.375. The van der Waals surface area contributed by atoms with Gasteiger partial charge < -0.3 is 19.9 Å². The summed E-state index contributed by atoms with van der Waals surface area (Å²) in [6, 6.07) is 17.6. The summed E-state index contributed by atoms with van der Waals surface area (Å²) in [4.78, 5) is 12.7. The van der Waals surface area contributed by atoms with Crippen LogP contribution in [-0.2, 0) is 20.7 Å². The molecule has 3 rings (SSSR count). The molecule has 1 amide bonds. The topological polar surface area (TPSA) is 67.8 Å². The van der Waals surface area contributed by atoms with Crippen LogP contribution >= 0.6 is 11.6 Å². The molecule has 2 aromatic rings. The van der Waals surface area contributed by atoms with Gasteiger partial charge >= 0.3 is 0 Å². The smallest absolute Gasteiger partial charge is 0.286 e. The highest BCUT2D eigenvalue weighted by Gasteiger charge is 2.28. The van der Waals surface area contributed by atoms with Crippen molar-refractivity contribution in [1.29, 1.82) is 0 Å². The highest BCUT2D eigenvalue weighted by atomic mass is 35.5. The number of hydrogen-bond acceptors (Lipinski definition) is 4. The Bertz CT molecular complexity index is 823. The molecule has 2 N–H and O–H groups in total. The van der Waals surface area contributed by atoms with Crippen LogP contribution in [0.5, 0.6) is 0 Å². The van der Waals surface area contributed by atoms with Gasteiger partial charge in [0.15, 0.2) is 5.76 Å². The Morgan fingerprint density at radius 2 is 1.90 bits per heavy atom. The summed E-state index contributed by atoms with van der Waals surface area (Å²) in [5.74, 6) is 0.0312. The molecule has 0 saturated heterocycles. The number of amides is 1. The first-order chi connectivity index (χ1) is 14.7. The molecular formula is C24H28ClNO4. The highest BCUT2D eigenvalue weighted by molar-refractivity contribution is 6.30. The third-order valence-corrected chi connectivity index (χ3v) is 5.23. The van der Waals surface area contributed by atoms with Gasteiger partial charge in [0.2, 0.25) is 6.29 Å². The number of aliphatic hydroxyl groups excluding tert-OH is 1. The second kappa shape index (κ2) is 11.7. The summed E-state index contributed by atoms with van der Waals surface area (Å²) in [6.45, 7) is 1.13. The van der Waals surface area contributed by atoms with Gasteiger partial charge in [0.25, 0.3) is 5.91 Å². The molecular weight excluding hydrogens is 402 g/mol. The van der Waals surface area contributed by atoms with Crippen molar-refractivity contribution in [1.82, 2.24) is 5.32 Å². The molecule has 0 bridgehead atoms. The molecule has 2 atom stereocenters. The summed E-state index contributed by atoms with van der Waals surface area (Å²) in [5.41, 5.74) is 2.22. The molecule has 0 radical (unpaired) electrons. The quantitative estimate of drug-likeness (QED) is 0.555. The maximum absolute atomic E-state index is 12.7. The van der Waals surface area contributed by atoms with E-state index in [9.17, 15) is 4.79 Å². The number of halogens is 1. The van der Waals surface area contributed by atoms with Crippen LogP contribution in [0, 0.1) is 0 Å². The van der Waals surface area contributed by atoms with Crippen molar-refractivity contribution in [2.24, 2.45) is 0 Å². The Morgan fingerprint density at radius 1 is 1.13 bits per heavy atom. The molecule has 160 valence electrons. The van der Waals surface area contributed by atoms with Crippen molar-refractivity contribution in [2.75, 3.05) is 19.8 Å². The van der Waals surface area contributed by atoms with Gasteiger partial charge in [-0.15, -0.1) is 0 Å². The first-order valence-corrected chi connectivity index (χ1v) is 10.7. The maximum atomic E-state index is 12.7. The molecule has 0 unspecified atom stereocenters. The van der Waals surface area contributed by atoms with Crippen LogP contribution in [0.15, 0.2) is 66.4 Å². The number of carbonyl (C=O) groups is 1. The number of unbranched alkanes of at least 4 members (excludes halogenated alkanes) is 1. The molecule has 1 aliphatic rings. The molecule has 5 nitrogen and oxygen atoms in total. The number of ether oxygens (including phenoxy) is 2. The van der Waals surface area contributed by atoms with Crippen LogP contribution < -0.4 is 5.32 Å². The van der Waals surface area contributed by atoms with Gasteiger partial charge in [0.05, 0.1) is 6.61 Å². The van der Waals surface area contributed by atoms with E-state index in [1.54, 1.807) is 0 Å². The molecule has 6 heteroatoms. The largest absolute Gasteiger partial charge is 0.459 e. The molecule has 1 heterocycles. The van der Waals surface area contributed by atoms with Crippen molar-refractivity contribution < 1.29 is 19.4 Å². The van der Waals surface area contributed by atoms with Crippen LogP contribution in [0.25, 0.3) is 0 Å². The lowest BCUT2D eigenvalue weighted by molar-refractivity contribution is -0.146. The fourth-order valence-electron chi connectivity index (χ4n) is 3.34. The van der Waals surface area contributed by atoms with E-state index in [-0.39, 0.29) is 24.2 Å². The number of benzene rings is 2. The van der Waals surface area contributed by atoms with Gasteiger partial charge in [0, 0.05) is 30.5 Å². The summed E-state index contributed by atoms with van der Waals surface area (Å²) >= 11 is 6.02. The lowest BCUT2D eigenvalue weighted by Crippen LogP contribution is -2.34. The fourth-order valence-corrected chi connectivity index (χ4v) is 3.47. The minimum absolute atomic E-state index is 0.00580. The van der Waals surface area contributed by atoms with Crippen molar-refractivity contribution in [2.45, 2.75) is 37.9 Å². The average molecular weight is 430 g/mol. The Morgan fingerprint density at radius 3 is 2.63 bits per heavy atom. The molecule has 0 aliphatic carbocycles. The van der Waals surface area contributed by atoms with Gasteiger partial charge in [-0.05, 0) is 48.6 Å². The van der Waals surface area contributed by atoms with Gasteiger partial charge in [-0.3, -0.25) is 4.79 Å². The normalized spacial score (nSPS) is 18.4. The number of allylic oxidation sites excluding steroid dienone is 1. The summed E-state index contributed by atoms with van der Waals surface area (Å²) < 4.78 is 11.7. The molecule has 2 aromatic carbocycles. The first kappa shape index (κ1) is 22.3. The monoisotopic (exact) mass is 429 g/mol. The Labute approximate surface area is 182 Å². The van der Waals surface area contributed by atoms with Crippen LogP contribution in [0.3, 0.4) is 0 Å². The predicted molar refractivity (Wildman–Crippen MR) is 117 cm³/mol. The maximum Gasteiger partial charge on any atom is 0.286 e. The minimum atomic E-state index is -0.510. The standard InChI is InChI=1S/C24H28ClNO4/c25-21-10-8-19(9-11-21)20-16-22(30-23(17-20)29-15-5-4-14-27)24(28)26-13-12-18-6-2-1-3-7-18/h1-3,6-11,16,20,23,27H,4-5,12-15,17H2,(H,26,28)/t20-,23+/m0/s1. The van der Waals surface area contributed by atoms with Crippen LogP contribution in [-0.4, -0.2) is 37.1 Å². The van der Waals surface area contributed by atoms with E-state index in [1.807, 2.05) is 60.7 Å². The molecule has 0 spiro atoms. The molecule has 1 aliphatic heterocycles. The van der Waals surface area contributed by atoms with Gasteiger partial charge in [-0.1, -0.05) is 54.1 Å². The average Bonchev–Trinajstić information content (AvgIpc) is 2.78. The number of rotatable bonds is 10. The molecule has 0 fully saturated rings. The summed E-state index contributed by atoms with van der Waals surface area (Å²) in [5, 5.41) is 12.5. The summed E-state index contributed by atoms with van der Waals surface area (Å²) in [7, 11) is 0. The second-order valence-electron chi connectivity index (χ2n) is 7.27. The first-order valence-electron chi connectivity index (χ1n) is 10.3. The predicted octanol–water partition coefficient (Wildman–Crippen LogP) is 4.20. The number of aliphatic hydroxyl groups is 1. The highest BCUT2D eigenvalue weighted by Crippen LogP contribution is 2.32. The van der Waals surface area contributed by atoms with Crippen molar-refractivity contribution in [3.05, 3.63) is 82.6 Å². The van der Waals surface area contributed by atoms with Crippen LogP contribution in [0.2, 0.25) is 5.02 Å².